The fourth-order valence-corrected chi connectivity index (χ4v) is 0.997. The number of benzene rings is 1. The molecule has 0 amide bonds. The Balaban J connectivity index is 2.73. The van der Waals surface area contributed by atoms with Crippen LogP contribution in [0.3, 0.4) is 0 Å². The van der Waals surface area contributed by atoms with E-state index in [1.807, 2.05) is 0 Å². The summed E-state index contributed by atoms with van der Waals surface area (Å²) < 4.78 is 48.7. The van der Waals surface area contributed by atoms with E-state index in [-0.39, 0.29) is 5.56 Å². The molecule has 0 radical (unpaired) electrons. The number of aliphatic hydroxyl groups excluding tert-OH is 1. The molecule has 0 aliphatic carbocycles. The molecular weight excluding hydrogens is 200 g/mol. The van der Waals surface area contributed by atoms with Crippen molar-refractivity contribution in [1.29, 1.82) is 0 Å². The van der Waals surface area contributed by atoms with E-state index >= 15 is 0 Å². The number of rotatable bonds is 3. The monoisotopic (exact) mass is 208 g/mol. The molecule has 0 heterocycles. The number of hydrogen-bond donors (Lipinski definition) is 1. The standard InChI is InChI=1S/C9H8F4O/c10-6-2-1-5(3-7(6)11)4-8(14)9(12)13/h1-3,8-9,14H,4H2. The first-order valence-corrected chi connectivity index (χ1v) is 3.91. The van der Waals surface area contributed by atoms with Gasteiger partial charge in [0.1, 0.15) is 6.10 Å². The summed E-state index contributed by atoms with van der Waals surface area (Å²) in [5, 5.41) is 8.77. The van der Waals surface area contributed by atoms with Gasteiger partial charge in [0.15, 0.2) is 11.6 Å². The summed E-state index contributed by atoms with van der Waals surface area (Å²) in [6, 6.07) is 2.79. The summed E-state index contributed by atoms with van der Waals surface area (Å²) in [6.07, 6.45) is -5.13. The van der Waals surface area contributed by atoms with Gasteiger partial charge >= 0.3 is 0 Å². The van der Waals surface area contributed by atoms with Crippen molar-refractivity contribution >= 4 is 0 Å². The van der Waals surface area contributed by atoms with Gasteiger partial charge in [-0.2, -0.15) is 0 Å². The SMILES string of the molecule is OC(Cc1ccc(F)c(F)c1)C(F)F. The second kappa shape index (κ2) is 4.41. The van der Waals surface area contributed by atoms with Gasteiger partial charge in [-0.05, 0) is 17.7 Å². The van der Waals surface area contributed by atoms with Gasteiger partial charge in [-0.15, -0.1) is 0 Å². The third-order valence-electron chi connectivity index (χ3n) is 1.72. The zero-order valence-corrected chi connectivity index (χ0v) is 7.05. The molecule has 0 aliphatic heterocycles. The maximum Gasteiger partial charge on any atom is 0.264 e. The van der Waals surface area contributed by atoms with Gasteiger partial charge < -0.3 is 5.11 Å². The molecule has 1 N–H and O–H groups in total. The van der Waals surface area contributed by atoms with Crippen LogP contribution < -0.4 is 0 Å². The van der Waals surface area contributed by atoms with Gasteiger partial charge in [-0.25, -0.2) is 17.6 Å². The van der Waals surface area contributed by atoms with E-state index in [0.29, 0.717) is 0 Å². The minimum Gasteiger partial charge on any atom is -0.387 e. The molecule has 5 heteroatoms. The number of alkyl halides is 2. The van der Waals surface area contributed by atoms with Crippen LogP contribution in [0.15, 0.2) is 18.2 Å². The molecule has 0 aliphatic rings. The zero-order valence-electron chi connectivity index (χ0n) is 7.05. The summed E-state index contributed by atoms with van der Waals surface area (Å²) in [6.45, 7) is 0. The quantitative estimate of drug-likeness (QED) is 0.754. The molecule has 1 rings (SSSR count). The minimum atomic E-state index is -2.89. The molecule has 0 saturated heterocycles. The Labute approximate surface area is 78.0 Å². The van der Waals surface area contributed by atoms with E-state index in [1.165, 1.54) is 0 Å². The van der Waals surface area contributed by atoms with E-state index in [0.717, 1.165) is 18.2 Å². The molecule has 0 bridgehead atoms. The first-order valence-electron chi connectivity index (χ1n) is 3.91. The average molecular weight is 208 g/mol. The Hall–Kier alpha value is -1.10. The van der Waals surface area contributed by atoms with Crippen molar-refractivity contribution in [2.45, 2.75) is 19.0 Å². The fraction of sp³-hybridized carbons (Fsp3) is 0.333. The van der Waals surface area contributed by atoms with Gasteiger partial charge in [-0.3, -0.25) is 0 Å². The lowest BCUT2D eigenvalue weighted by Gasteiger charge is -2.08. The Bertz CT molecular complexity index is 314. The van der Waals surface area contributed by atoms with Crippen LogP contribution in [0.25, 0.3) is 0 Å². The fourth-order valence-electron chi connectivity index (χ4n) is 0.997. The highest BCUT2D eigenvalue weighted by atomic mass is 19.3. The van der Waals surface area contributed by atoms with Crippen LogP contribution in [0.4, 0.5) is 17.6 Å². The first-order chi connectivity index (χ1) is 6.50. The molecule has 0 aromatic heterocycles. The van der Waals surface area contributed by atoms with Crippen LogP contribution in [0.5, 0.6) is 0 Å². The van der Waals surface area contributed by atoms with E-state index in [1.54, 1.807) is 0 Å². The smallest absolute Gasteiger partial charge is 0.264 e. The van der Waals surface area contributed by atoms with Crippen molar-refractivity contribution in [1.82, 2.24) is 0 Å². The summed E-state index contributed by atoms with van der Waals surface area (Å²) in [5.74, 6) is -2.15. The maximum absolute atomic E-state index is 12.6. The second-order valence-electron chi connectivity index (χ2n) is 2.85. The Morgan fingerprint density at radius 1 is 1.14 bits per heavy atom. The van der Waals surface area contributed by atoms with Gasteiger partial charge in [0.25, 0.3) is 6.43 Å². The molecule has 14 heavy (non-hydrogen) atoms. The molecule has 0 fully saturated rings. The van der Waals surface area contributed by atoms with Crippen LogP contribution in [0.2, 0.25) is 0 Å². The predicted octanol–water partition coefficient (Wildman–Crippen LogP) is 2.13. The van der Waals surface area contributed by atoms with Crippen molar-refractivity contribution < 1.29 is 22.7 Å². The Morgan fingerprint density at radius 2 is 1.79 bits per heavy atom. The normalized spacial score (nSPS) is 13.3. The summed E-state index contributed by atoms with van der Waals surface area (Å²) in [4.78, 5) is 0. The molecule has 78 valence electrons. The molecule has 1 nitrogen and oxygen atoms in total. The predicted molar refractivity (Wildman–Crippen MR) is 42.1 cm³/mol. The summed E-state index contributed by atoms with van der Waals surface area (Å²) in [5.41, 5.74) is 0.136. The lowest BCUT2D eigenvalue weighted by Crippen LogP contribution is -2.20. The molecule has 0 saturated carbocycles. The lowest BCUT2D eigenvalue weighted by molar-refractivity contribution is -0.00369. The minimum absolute atomic E-state index is 0.136. The van der Waals surface area contributed by atoms with Crippen molar-refractivity contribution in [3.8, 4) is 0 Å². The second-order valence-corrected chi connectivity index (χ2v) is 2.85. The third kappa shape index (κ3) is 2.70. The van der Waals surface area contributed by atoms with E-state index in [4.69, 9.17) is 5.11 Å². The highest BCUT2D eigenvalue weighted by Crippen LogP contribution is 2.13. The van der Waals surface area contributed by atoms with Crippen molar-refractivity contribution in [2.75, 3.05) is 0 Å². The van der Waals surface area contributed by atoms with Gasteiger partial charge in [0, 0.05) is 6.42 Å². The average Bonchev–Trinajstić information content (AvgIpc) is 2.11. The topological polar surface area (TPSA) is 20.2 Å². The molecule has 1 aromatic carbocycles. The molecule has 1 unspecified atom stereocenters. The van der Waals surface area contributed by atoms with Crippen molar-refractivity contribution in [2.24, 2.45) is 0 Å². The Kier molecular flexibility index (Phi) is 3.46. The summed E-state index contributed by atoms with van der Waals surface area (Å²) >= 11 is 0. The maximum atomic E-state index is 12.6. The van der Waals surface area contributed by atoms with Crippen LogP contribution in [0, 0.1) is 11.6 Å². The van der Waals surface area contributed by atoms with Crippen molar-refractivity contribution in [3.63, 3.8) is 0 Å². The summed E-state index contributed by atoms with van der Waals surface area (Å²) in [7, 11) is 0. The zero-order chi connectivity index (χ0) is 10.7. The molecule has 0 spiro atoms. The number of aliphatic hydroxyl groups is 1. The third-order valence-corrected chi connectivity index (χ3v) is 1.72. The highest BCUT2D eigenvalue weighted by molar-refractivity contribution is 5.18. The Morgan fingerprint density at radius 3 is 2.29 bits per heavy atom. The lowest BCUT2D eigenvalue weighted by atomic mass is 10.1. The largest absolute Gasteiger partial charge is 0.387 e. The van der Waals surface area contributed by atoms with Gasteiger partial charge in [0.2, 0.25) is 0 Å². The van der Waals surface area contributed by atoms with Crippen LogP contribution >= 0.6 is 0 Å². The van der Waals surface area contributed by atoms with Crippen LogP contribution in [-0.2, 0) is 6.42 Å². The van der Waals surface area contributed by atoms with Gasteiger partial charge in [-0.1, -0.05) is 6.07 Å². The van der Waals surface area contributed by atoms with Crippen LogP contribution in [0.1, 0.15) is 5.56 Å². The van der Waals surface area contributed by atoms with Gasteiger partial charge in [0.05, 0.1) is 0 Å². The molecule has 1 aromatic rings. The highest BCUT2D eigenvalue weighted by Gasteiger charge is 2.17. The van der Waals surface area contributed by atoms with E-state index in [9.17, 15) is 17.6 Å². The van der Waals surface area contributed by atoms with Crippen LogP contribution in [-0.4, -0.2) is 17.6 Å². The van der Waals surface area contributed by atoms with Crippen molar-refractivity contribution in [3.05, 3.63) is 35.4 Å². The number of hydrogen-bond acceptors (Lipinski definition) is 1. The molecular formula is C9H8F4O. The first kappa shape index (κ1) is 11.0. The molecule has 1 atom stereocenters. The number of halogens is 4. The van der Waals surface area contributed by atoms with E-state index in [2.05, 4.69) is 0 Å². The van der Waals surface area contributed by atoms with E-state index < -0.39 is 30.6 Å².